The van der Waals surface area contributed by atoms with Crippen molar-refractivity contribution in [2.75, 3.05) is 11.4 Å². The molecular formula is C17H16FNO2. The summed E-state index contributed by atoms with van der Waals surface area (Å²) in [7, 11) is 0. The number of aliphatic carboxylic acids is 1. The van der Waals surface area contributed by atoms with Crippen molar-refractivity contribution in [3.63, 3.8) is 0 Å². The predicted octanol–water partition coefficient (Wildman–Crippen LogP) is 3.09. The van der Waals surface area contributed by atoms with Gasteiger partial charge in [0.25, 0.3) is 0 Å². The number of benzene rings is 2. The van der Waals surface area contributed by atoms with E-state index in [9.17, 15) is 14.3 Å². The fourth-order valence-corrected chi connectivity index (χ4v) is 2.83. The summed E-state index contributed by atoms with van der Waals surface area (Å²) >= 11 is 0. The summed E-state index contributed by atoms with van der Waals surface area (Å²) in [5, 5.41) is 9.30. The van der Waals surface area contributed by atoms with Crippen LogP contribution in [0.5, 0.6) is 0 Å². The van der Waals surface area contributed by atoms with E-state index in [1.165, 1.54) is 6.07 Å². The fourth-order valence-electron chi connectivity index (χ4n) is 2.83. The second-order valence-electron chi connectivity index (χ2n) is 5.34. The molecule has 1 unspecified atom stereocenters. The Kier molecular flexibility index (Phi) is 3.60. The lowest BCUT2D eigenvalue weighted by molar-refractivity contribution is -0.141. The van der Waals surface area contributed by atoms with E-state index < -0.39 is 11.9 Å². The Bertz CT molecular complexity index is 671. The summed E-state index contributed by atoms with van der Waals surface area (Å²) in [5.41, 5.74) is 2.59. The molecule has 3 rings (SSSR count). The number of fused-ring (bicyclic) bond motifs is 1. The number of nitrogens with zero attached hydrogens (tertiary/aromatic N) is 1. The SMILES string of the molecule is O=C(O)C1Cc2ccccc2N(Cc2ccccc2F)C1. The van der Waals surface area contributed by atoms with Gasteiger partial charge in [0.1, 0.15) is 5.82 Å². The third-order valence-electron chi connectivity index (χ3n) is 3.91. The van der Waals surface area contributed by atoms with Gasteiger partial charge in [-0.05, 0) is 24.1 Å². The molecule has 1 atom stereocenters. The molecule has 21 heavy (non-hydrogen) atoms. The summed E-state index contributed by atoms with van der Waals surface area (Å²) in [6.45, 7) is 0.786. The highest BCUT2D eigenvalue weighted by molar-refractivity contribution is 5.74. The van der Waals surface area contributed by atoms with Gasteiger partial charge >= 0.3 is 5.97 Å². The molecule has 0 aromatic heterocycles. The van der Waals surface area contributed by atoms with Gasteiger partial charge in [-0.3, -0.25) is 4.79 Å². The van der Waals surface area contributed by atoms with Crippen LogP contribution in [-0.4, -0.2) is 17.6 Å². The Hall–Kier alpha value is -2.36. The van der Waals surface area contributed by atoms with E-state index in [1.54, 1.807) is 18.2 Å². The summed E-state index contributed by atoms with van der Waals surface area (Å²) in [4.78, 5) is 13.3. The molecule has 0 saturated carbocycles. The highest BCUT2D eigenvalue weighted by Crippen LogP contribution is 2.31. The predicted molar refractivity (Wildman–Crippen MR) is 78.7 cm³/mol. The van der Waals surface area contributed by atoms with E-state index in [-0.39, 0.29) is 5.82 Å². The molecule has 0 radical (unpaired) electrons. The van der Waals surface area contributed by atoms with E-state index in [2.05, 4.69) is 0 Å². The van der Waals surface area contributed by atoms with Crippen LogP contribution in [-0.2, 0) is 17.8 Å². The van der Waals surface area contributed by atoms with Crippen molar-refractivity contribution >= 4 is 11.7 Å². The largest absolute Gasteiger partial charge is 0.481 e. The van der Waals surface area contributed by atoms with Crippen molar-refractivity contribution in [2.24, 2.45) is 5.92 Å². The molecule has 4 heteroatoms. The Morgan fingerprint density at radius 2 is 1.90 bits per heavy atom. The van der Waals surface area contributed by atoms with Gasteiger partial charge in [0, 0.05) is 24.3 Å². The fraction of sp³-hybridized carbons (Fsp3) is 0.235. The van der Waals surface area contributed by atoms with Crippen LogP contribution in [0, 0.1) is 11.7 Å². The first-order chi connectivity index (χ1) is 10.1. The smallest absolute Gasteiger partial charge is 0.308 e. The number of carboxylic acids is 1. The number of hydrogen-bond donors (Lipinski definition) is 1. The Balaban J connectivity index is 1.93. The maximum Gasteiger partial charge on any atom is 0.308 e. The quantitative estimate of drug-likeness (QED) is 0.942. The van der Waals surface area contributed by atoms with E-state index >= 15 is 0 Å². The molecule has 0 fully saturated rings. The van der Waals surface area contributed by atoms with Crippen molar-refractivity contribution in [2.45, 2.75) is 13.0 Å². The molecule has 1 N–H and O–H groups in total. The average molecular weight is 285 g/mol. The Labute approximate surface area is 122 Å². The van der Waals surface area contributed by atoms with Crippen LogP contribution in [0.25, 0.3) is 0 Å². The van der Waals surface area contributed by atoms with Gasteiger partial charge in [-0.2, -0.15) is 0 Å². The van der Waals surface area contributed by atoms with Gasteiger partial charge in [-0.15, -0.1) is 0 Å². The normalized spacial score (nSPS) is 17.4. The van der Waals surface area contributed by atoms with Crippen LogP contribution in [0.3, 0.4) is 0 Å². The van der Waals surface area contributed by atoms with Crippen LogP contribution in [0.2, 0.25) is 0 Å². The third-order valence-corrected chi connectivity index (χ3v) is 3.91. The molecule has 1 heterocycles. The summed E-state index contributed by atoms with van der Waals surface area (Å²) in [5.74, 6) is -1.51. The van der Waals surface area contributed by atoms with Gasteiger partial charge in [0.15, 0.2) is 0 Å². The molecule has 2 aromatic rings. The monoisotopic (exact) mass is 285 g/mol. The van der Waals surface area contributed by atoms with Gasteiger partial charge in [0.05, 0.1) is 5.92 Å². The van der Waals surface area contributed by atoms with Crippen molar-refractivity contribution in [3.8, 4) is 0 Å². The van der Waals surface area contributed by atoms with E-state index in [0.29, 0.717) is 25.1 Å². The highest BCUT2D eigenvalue weighted by atomic mass is 19.1. The van der Waals surface area contributed by atoms with Gasteiger partial charge in [0.2, 0.25) is 0 Å². The molecule has 0 amide bonds. The van der Waals surface area contributed by atoms with Gasteiger partial charge < -0.3 is 10.0 Å². The molecule has 0 saturated heterocycles. The summed E-state index contributed by atoms with van der Waals surface area (Å²) in [6.07, 6.45) is 0.527. The molecule has 0 aliphatic carbocycles. The molecule has 0 spiro atoms. The first kappa shape index (κ1) is 13.6. The second-order valence-corrected chi connectivity index (χ2v) is 5.34. The molecular weight excluding hydrogens is 269 g/mol. The lowest BCUT2D eigenvalue weighted by Gasteiger charge is -2.34. The van der Waals surface area contributed by atoms with Gasteiger partial charge in [-0.1, -0.05) is 36.4 Å². The average Bonchev–Trinajstić information content (AvgIpc) is 2.49. The topological polar surface area (TPSA) is 40.5 Å². The lowest BCUT2D eigenvalue weighted by Crippen LogP contribution is -2.38. The number of hydrogen-bond acceptors (Lipinski definition) is 2. The van der Waals surface area contributed by atoms with Crippen LogP contribution in [0.1, 0.15) is 11.1 Å². The lowest BCUT2D eigenvalue weighted by atomic mass is 9.92. The Morgan fingerprint density at radius 3 is 2.67 bits per heavy atom. The molecule has 0 bridgehead atoms. The number of carboxylic acid groups (broad SMARTS) is 1. The maximum atomic E-state index is 13.8. The second kappa shape index (κ2) is 5.56. The van der Waals surface area contributed by atoms with E-state index in [4.69, 9.17) is 0 Å². The van der Waals surface area contributed by atoms with Crippen LogP contribution in [0.4, 0.5) is 10.1 Å². The molecule has 1 aliphatic heterocycles. The zero-order valence-corrected chi connectivity index (χ0v) is 11.5. The molecule has 3 nitrogen and oxygen atoms in total. The zero-order chi connectivity index (χ0) is 14.8. The summed E-state index contributed by atoms with van der Waals surface area (Å²) in [6, 6.07) is 14.4. The number of rotatable bonds is 3. The van der Waals surface area contributed by atoms with Crippen molar-refractivity contribution in [3.05, 3.63) is 65.5 Å². The minimum atomic E-state index is -0.803. The molecule has 2 aromatic carbocycles. The maximum absolute atomic E-state index is 13.8. The van der Waals surface area contributed by atoms with Crippen molar-refractivity contribution in [1.82, 2.24) is 0 Å². The molecule has 108 valence electrons. The number of carbonyl (C=O) groups is 1. The van der Waals surface area contributed by atoms with Crippen LogP contribution in [0.15, 0.2) is 48.5 Å². The van der Waals surface area contributed by atoms with Crippen molar-refractivity contribution in [1.29, 1.82) is 0 Å². The molecule has 1 aliphatic rings. The number of para-hydroxylation sites is 1. The number of anilines is 1. The van der Waals surface area contributed by atoms with Gasteiger partial charge in [-0.25, -0.2) is 4.39 Å². The minimum absolute atomic E-state index is 0.257. The first-order valence-corrected chi connectivity index (χ1v) is 6.94. The standard InChI is InChI=1S/C17H16FNO2/c18-15-7-3-1-6-13(15)10-19-11-14(17(20)21)9-12-5-2-4-8-16(12)19/h1-8,14H,9-11H2,(H,20,21). The highest BCUT2D eigenvalue weighted by Gasteiger charge is 2.29. The van der Waals surface area contributed by atoms with E-state index in [1.807, 2.05) is 29.2 Å². The summed E-state index contributed by atoms with van der Waals surface area (Å²) < 4.78 is 13.8. The van der Waals surface area contributed by atoms with Crippen molar-refractivity contribution < 1.29 is 14.3 Å². The third kappa shape index (κ3) is 2.75. The van der Waals surface area contributed by atoms with Crippen LogP contribution < -0.4 is 4.90 Å². The minimum Gasteiger partial charge on any atom is -0.481 e. The van der Waals surface area contributed by atoms with E-state index in [0.717, 1.165) is 11.3 Å². The first-order valence-electron chi connectivity index (χ1n) is 6.94. The Morgan fingerprint density at radius 1 is 1.19 bits per heavy atom. The zero-order valence-electron chi connectivity index (χ0n) is 11.5. The van der Waals surface area contributed by atoms with Crippen LogP contribution >= 0.6 is 0 Å². The number of halogens is 1.